The Kier molecular flexibility index (Phi) is 6.70. The third-order valence-electron chi connectivity index (χ3n) is 4.34. The van der Waals surface area contributed by atoms with E-state index in [-0.39, 0.29) is 23.8 Å². The monoisotopic (exact) mass is 435 g/mol. The number of amides is 2. The molecule has 1 unspecified atom stereocenters. The van der Waals surface area contributed by atoms with E-state index in [9.17, 15) is 9.59 Å². The Labute approximate surface area is 178 Å². The van der Waals surface area contributed by atoms with Gasteiger partial charge < -0.3 is 4.74 Å². The van der Waals surface area contributed by atoms with Crippen LogP contribution < -0.4 is 4.74 Å². The fraction of sp³-hybridized carbons (Fsp3) is 0.238. The van der Waals surface area contributed by atoms with E-state index in [0.717, 1.165) is 34.4 Å². The van der Waals surface area contributed by atoms with E-state index in [1.54, 1.807) is 24.3 Å². The summed E-state index contributed by atoms with van der Waals surface area (Å²) in [5, 5.41) is 0.504. The number of ether oxygens (including phenoxy) is 1. The van der Waals surface area contributed by atoms with Gasteiger partial charge in [0.15, 0.2) is 0 Å². The van der Waals surface area contributed by atoms with Crippen LogP contribution in [0.4, 0.5) is 4.79 Å². The van der Waals surface area contributed by atoms with Crippen LogP contribution in [0.5, 0.6) is 5.75 Å². The second kappa shape index (κ2) is 9.03. The first-order valence-corrected chi connectivity index (χ1v) is 10.4. The van der Waals surface area contributed by atoms with Gasteiger partial charge in [0.2, 0.25) is 0 Å². The zero-order valence-electron chi connectivity index (χ0n) is 15.4. The van der Waals surface area contributed by atoms with Crippen LogP contribution in [0.2, 0.25) is 10.0 Å². The molecule has 0 bridgehead atoms. The number of hydrogen-bond acceptors (Lipinski definition) is 4. The van der Waals surface area contributed by atoms with Gasteiger partial charge in [-0.15, -0.1) is 0 Å². The molecule has 3 rings (SSSR count). The van der Waals surface area contributed by atoms with Gasteiger partial charge >= 0.3 is 0 Å². The van der Waals surface area contributed by atoms with Crippen LogP contribution in [-0.2, 0) is 11.3 Å². The van der Waals surface area contributed by atoms with E-state index in [4.69, 9.17) is 27.9 Å². The van der Waals surface area contributed by atoms with Crippen molar-refractivity contribution in [2.75, 3.05) is 0 Å². The normalized spacial score (nSPS) is 16.7. The zero-order valence-corrected chi connectivity index (χ0v) is 17.8. The van der Waals surface area contributed by atoms with Crippen molar-refractivity contribution >= 4 is 52.2 Å². The molecular formula is C21H19Cl2NO3S. The fourth-order valence-corrected chi connectivity index (χ4v) is 3.94. The molecule has 4 nitrogen and oxygen atoms in total. The van der Waals surface area contributed by atoms with Crippen LogP contribution in [0, 0.1) is 0 Å². The van der Waals surface area contributed by atoms with Crippen molar-refractivity contribution in [1.82, 2.24) is 4.90 Å². The van der Waals surface area contributed by atoms with Crippen LogP contribution in [0.1, 0.15) is 31.4 Å². The molecule has 0 radical (unpaired) electrons. The number of nitrogens with zero attached hydrogens (tertiary/aromatic N) is 1. The molecule has 0 aromatic heterocycles. The maximum Gasteiger partial charge on any atom is 0.293 e. The maximum absolute atomic E-state index is 12.7. The Morgan fingerprint density at radius 3 is 2.36 bits per heavy atom. The minimum atomic E-state index is -0.356. The predicted molar refractivity (Wildman–Crippen MR) is 115 cm³/mol. The topological polar surface area (TPSA) is 46.6 Å². The van der Waals surface area contributed by atoms with Crippen molar-refractivity contribution in [1.29, 1.82) is 0 Å². The molecule has 1 saturated heterocycles. The Bertz CT molecular complexity index is 907. The van der Waals surface area contributed by atoms with Gasteiger partial charge in [-0.05, 0) is 61.0 Å². The summed E-state index contributed by atoms with van der Waals surface area (Å²) < 4.78 is 5.75. The molecular weight excluding hydrogens is 417 g/mol. The largest absolute Gasteiger partial charge is 0.491 e. The molecule has 7 heteroatoms. The Morgan fingerprint density at radius 1 is 1.11 bits per heavy atom. The summed E-state index contributed by atoms with van der Waals surface area (Å²) >= 11 is 13.2. The lowest BCUT2D eigenvalue weighted by Crippen LogP contribution is -2.27. The van der Waals surface area contributed by atoms with Crippen LogP contribution in [0.15, 0.2) is 47.4 Å². The van der Waals surface area contributed by atoms with Crippen molar-refractivity contribution in [3.05, 3.63) is 68.5 Å². The van der Waals surface area contributed by atoms with Gasteiger partial charge in [-0.25, -0.2) is 0 Å². The summed E-state index contributed by atoms with van der Waals surface area (Å²) in [6.07, 6.45) is 2.76. The average Bonchev–Trinajstić information content (AvgIpc) is 2.93. The van der Waals surface area contributed by atoms with Crippen LogP contribution in [0.25, 0.3) is 6.08 Å². The quantitative estimate of drug-likeness (QED) is 0.491. The van der Waals surface area contributed by atoms with Crippen molar-refractivity contribution in [3.8, 4) is 5.75 Å². The number of hydrogen-bond donors (Lipinski definition) is 0. The van der Waals surface area contributed by atoms with Crippen molar-refractivity contribution < 1.29 is 14.3 Å². The van der Waals surface area contributed by atoms with Gasteiger partial charge in [-0.3, -0.25) is 14.5 Å². The highest BCUT2D eigenvalue weighted by Crippen LogP contribution is 2.35. The van der Waals surface area contributed by atoms with Crippen LogP contribution in [0.3, 0.4) is 0 Å². The number of carbonyl (C=O) groups excluding carboxylic acids is 2. The summed E-state index contributed by atoms with van der Waals surface area (Å²) in [4.78, 5) is 26.6. The molecule has 28 heavy (non-hydrogen) atoms. The van der Waals surface area contributed by atoms with Gasteiger partial charge in [0.25, 0.3) is 11.1 Å². The van der Waals surface area contributed by atoms with E-state index in [2.05, 4.69) is 6.92 Å². The SMILES string of the molecule is CCC(C)Oc1ccc(/C=C2\SC(=O)N(Cc3c(Cl)cccc3Cl)C2=O)cc1. The summed E-state index contributed by atoms with van der Waals surface area (Å²) in [5.74, 6) is 0.416. The van der Waals surface area contributed by atoms with E-state index >= 15 is 0 Å². The highest BCUT2D eigenvalue weighted by atomic mass is 35.5. The second-order valence-corrected chi connectivity index (χ2v) is 8.18. The van der Waals surface area contributed by atoms with Gasteiger partial charge in [-0.2, -0.15) is 0 Å². The maximum atomic E-state index is 12.7. The second-order valence-electron chi connectivity index (χ2n) is 6.37. The molecule has 1 aliphatic rings. The molecule has 0 spiro atoms. The molecule has 1 fully saturated rings. The molecule has 2 aromatic carbocycles. The molecule has 1 atom stereocenters. The number of carbonyl (C=O) groups is 2. The van der Waals surface area contributed by atoms with Crippen LogP contribution in [-0.4, -0.2) is 22.2 Å². The lowest BCUT2D eigenvalue weighted by atomic mass is 10.2. The van der Waals surface area contributed by atoms with Gasteiger partial charge in [-0.1, -0.05) is 48.3 Å². The minimum Gasteiger partial charge on any atom is -0.491 e. The highest BCUT2D eigenvalue weighted by molar-refractivity contribution is 8.18. The molecule has 146 valence electrons. The molecule has 0 aliphatic carbocycles. The standard InChI is InChI=1S/C21H19Cl2NO3S/c1-3-13(2)27-15-9-7-14(8-10-15)11-19-20(25)24(21(26)28-19)12-16-17(22)5-4-6-18(16)23/h4-11,13H,3,12H2,1-2H3/b19-11-. The summed E-state index contributed by atoms with van der Waals surface area (Å²) in [6, 6.07) is 12.5. The first-order chi connectivity index (χ1) is 13.4. The first-order valence-electron chi connectivity index (χ1n) is 8.84. The van der Waals surface area contributed by atoms with E-state index < -0.39 is 0 Å². The Hall–Kier alpha value is -1.95. The highest BCUT2D eigenvalue weighted by Gasteiger charge is 2.35. The van der Waals surface area contributed by atoms with Crippen LogP contribution >= 0.6 is 35.0 Å². The zero-order chi connectivity index (χ0) is 20.3. The predicted octanol–water partition coefficient (Wildman–Crippen LogP) is 6.41. The van der Waals surface area contributed by atoms with Crippen molar-refractivity contribution in [3.63, 3.8) is 0 Å². The van der Waals surface area contributed by atoms with E-state index in [0.29, 0.717) is 20.5 Å². The minimum absolute atomic E-state index is 0.0438. The number of rotatable bonds is 6. The Balaban J connectivity index is 1.76. The number of imide groups is 1. The first kappa shape index (κ1) is 20.8. The van der Waals surface area contributed by atoms with Crippen molar-refractivity contribution in [2.24, 2.45) is 0 Å². The van der Waals surface area contributed by atoms with Gasteiger partial charge in [0.05, 0.1) is 17.6 Å². The molecule has 0 saturated carbocycles. The molecule has 1 heterocycles. The number of halogens is 2. The Morgan fingerprint density at radius 2 is 1.75 bits per heavy atom. The summed E-state index contributed by atoms with van der Waals surface area (Å²) in [5.41, 5.74) is 1.37. The summed E-state index contributed by atoms with van der Waals surface area (Å²) in [7, 11) is 0. The third kappa shape index (κ3) is 4.72. The average molecular weight is 436 g/mol. The lowest BCUT2D eigenvalue weighted by Gasteiger charge is -2.14. The van der Waals surface area contributed by atoms with Gasteiger partial charge in [0.1, 0.15) is 5.75 Å². The molecule has 0 N–H and O–H groups in total. The molecule has 1 aliphatic heterocycles. The smallest absolute Gasteiger partial charge is 0.293 e. The number of benzene rings is 2. The van der Waals surface area contributed by atoms with E-state index in [1.165, 1.54) is 0 Å². The third-order valence-corrected chi connectivity index (χ3v) is 5.96. The summed E-state index contributed by atoms with van der Waals surface area (Å²) in [6.45, 7) is 4.11. The lowest BCUT2D eigenvalue weighted by molar-refractivity contribution is -0.123. The van der Waals surface area contributed by atoms with E-state index in [1.807, 2.05) is 31.2 Å². The molecule has 2 amide bonds. The number of thioether (sulfide) groups is 1. The van der Waals surface area contributed by atoms with Crippen molar-refractivity contribution in [2.45, 2.75) is 32.9 Å². The fourth-order valence-electron chi connectivity index (χ4n) is 2.59. The molecule has 2 aromatic rings. The van der Waals surface area contributed by atoms with Gasteiger partial charge in [0, 0.05) is 15.6 Å².